The molecule has 0 amide bonds. The number of nitrogens with zero attached hydrogens (tertiary/aromatic N) is 6. The van der Waals surface area contributed by atoms with Crippen molar-refractivity contribution in [3.8, 4) is 0 Å². The molecule has 158 valence electrons. The average Bonchev–Trinajstić information content (AvgIpc) is 2.72. The molecule has 0 heterocycles. The first-order valence-electron chi connectivity index (χ1n) is 9.25. The Morgan fingerprint density at radius 1 is 0.867 bits per heavy atom. The molecule has 2 aliphatic carbocycles. The van der Waals surface area contributed by atoms with Gasteiger partial charge in [-0.2, -0.15) is 16.8 Å². The van der Waals surface area contributed by atoms with E-state index in [-0.39, 0.29) is 39.9 Å². The van der Waals surface area contributed by atoms with E-state index in [1.54, 1.807) is 12.2 Å². The second-order valence-corrected chi connectivity index (χ2v) is 8.64. The molecule has 0 saturated carbocycles. The summed E-state index contributed by atoms with van der Waals surface area (Å²) < 4.78 is 45.4. The maximum Gasteiger partial charge on any atom is 0.217 e. The van der Waals surface area contributed by atoms with Crippen LogP contribution in [-0.4, -0.2) is 26.6 Å². The van der Waals surface area contributed by atoms with Gasteiger partial charge >= 0.3 is 0 Å². The third-order valence-electron chi connectivity index (χ3n) is 4.85. The van der Waals surface area contributed by atoms with Crippen LogP contribution >= 0.6 is 0 Å². The monoisotopic (exact) mass is 448 g/mol. The van der Waals surface area contributed by atoms with Gasteiger partial charge in [0.05, 0.1) is 9.73 Å². The van der Waals surface area contributed by atoms with Gasteiger partial charge in [0.2, 0.25) is 20.6 Å². The van der Waals surface area contributed by atoms with Gasteiger partial charge in [-0.25, -0.2) is 0 Å². The van der Waals surface area contributed by atoms with E-state index in [4.69, 9.17) is 11.1 Å². The van der Waals surface area contributed by atoms with E-state index >= 15 is 0 Å². The fourth-order valence-corrected chi connectivity index (χ4v) is 4.31. The molecule has 30 heavy (non-hydrogen) atoms. The van der Waals surface area contributed by atoms with Crippen molar-refractivity contribution in [2.24, 2.45) is 16.1 Å². The van der Waals surface area contributed by atoms with Gasteiger partial charge in [0.1, 0.15) is 0 Å². The lowest BCUT2D eigenvalue weighted by Gasteiger charge is -2.27. The highest BCUT2D eigenvalue weighted by molar-refractivity contribution is 7.73. The van der Waals surface area contributed by atoms with Gasteiger partial charge in [-0.1, -0.05) is 48.6 Å². The van der Waals surface area contributed by atoms with Crippen molar-refractivity contribution < 1.29 is 16.8 Å². The van der Waals surface area contributed by atoms with Crippen LogP contribution in [0.3, 0.4) is 0 Å². The molecule has 0 fully saturated rings. The molecule has 0 aromatic heterocycles. The summed E-state index contributed by atoms with van der Waals surface area (Å²) in [7, 11) is -4.88. The molecule has 0 unspecified atom stereocenters. The van der Waals surface area contributed by atoms with Gasteiger partial charge < -0.3 is 0 Å². The molecule has 0 aromatic carbocycles. The molecule has 0 radical (unpaired) electrons. The summed E-state index contributed by atoms with van der Waals surface area (Å²) in [6, 6.07) is 0. The molecule has 0 bridgehead atoms. The molecule has 0 aliphatic heterocycles. The van der Waals surface area contributed by atoms with Crippen LogP contribution < -0.4 is 0 Å². The van der Waals surface area contributed by atoms with Crippen molar-refractivity contribution in [2.75, 3.05) is 0 Å². The van der Waals surface area contributed by atoms with E-state index in [1.165, 1.54) is 12.2 Å². The first-order chi connectivity index (χ1) is 14.4. The molecule has 2 rings (SSSR count). The summed E-state index contributed by atoms with van der Waals surface area (Å²) in [6.45, 7) is 2.06. The van der Waals surface area contributed by atoms with Crippen molar-refractivity contribution >= 4 is 30.3 Å². The first-order valence-corrected chi connectivity index (χ1v) is 11.4. The Bertz CT molecular complexity index is 1120. The molecule has 0 atom stereocenters. The Morgan fingerprint density at radius 3 is 1.70 bits per heavy atom. The maximum atomic E-state index is 11.3. The summed E-state index contributed by atoms with van der Waals surface area (Å²) in [5, 5.41) is 7.43. The summed E-state index contributed by atoms with van der Waals surface area (Å²) in [5.74, 6) is -0.340. The Balaban J connectivity index is 2.68. The topological polar surface area (TPSA) is 166 Å². The Morgan fingerprint density at radius 2 is 1.33 bits per heavy atom. The lowest BCUT2D eigenvalue weighted by Crippen LogP contribution is -2.17. The minimum atomic E-state index is -2.44. The molecule has 0 N–H and O–H groups in total. The SMILES string of the molecule is CCCCCC(C1=C(N=[N+]=[N-])CC(=S(=O)=O)C=C1)C1=C(N=[N+]=[N-])CC(=S(=O)=O)C=C1. The van der Waals surface area contributed by atoms with Crippen LogP contribution in [0.2, 0.25) is 0 Å². The summed E-state index contributed by atoms with van der Waals surface area (Å²) >= 11 is 0. The quantitative estimate of drug-likeness (QED) is 0.177. The predicted molar refractivity (Wildman–Crippen MR) is 115 cm³/mol. The zero-order chi connectivity index (χ0) is 22.1. The van der Waals surface area contributed by atoms with Crippen LogP contribution in [0.5, 0.6) is 0 Å². The van der Waals surface area contributed by atoms with Crippen LogP contribution in [0.15, 0.2) is 57.1 Å². The average molecular weight is 449 g/mol. The van der Waals surface area contributed by atoms with E-state index in [0.717, 1.165) is 19.3 Å². The number of azide groups is 2. The van der Waals surface area contributed by atoms with E-state index < -0.39 is 20.6 Å². The normalized spacial score (nSPS) is 16.8. The third kappa shape index (κ3) is 5.74. The number of unbranched alkanes of at least 4 members (excludes halogenated alkanes) is 2. The number of allylic oxidation sites excluding steroid dienone is 8. The Hall–Kier alpha value is -3.04. The molecular formula is C18H20N6O4S2. The first kappa shape index (κ1) is 23.2. The summed E-state index contributed by atoms with van der Waals surface area (Å²) in [5.41, 5.74) is 19.8. The van der Waals surface area contributed by atoms with Crippen molar-refractivity contribution in [1.29, 1.82) is 0 Å². The molecule has 0 saturated heterocycles. The fourth-order valence-electron chi connectivity index (χ4n) is 3.44. The van der Waals surface area contributed by atoms with Gasteiger partial charge in [0.25, 0.3) is 0 Å². The smallest absolute Gasteiger partial charge is 0.184 e. The largest absolute Gasteiger partial charge is 0.217 e. The minimum absolute atomic E-state index is 0.0356. The highest BCUT2D eigenvalue weighted by Crippen LogP contribution is 2.38. The Kier molecular flexibility index (Phi) is 8.70. The van der Waals surface area contributed by atoms with Gasteiger partial charge in [0.15, 0.2) is 0 Å². The van der Waals surface area contributed by atoms with Crippen molar-refractivity contribution in [2.45, 2.75) is 45.4 Å². The van der Waals surface area contributed by atoms with E-state index in [2.05, 4.69) is 27.0 Å². The highest BCUT2D eigenvalue weighted by Gasteiger charge is 2.26. The number of hydrogen-bond donors (Lipinski definition) is 0. The van der Waals surface area contributed by atoms with Gasteiger partial charge in [0, 0.05) is 40.0 Å². The molecule has 2 aliphatic rings. The van der Waals surface area contributed by atoms with Crippen molar-refractivity contribution in [1.82, 2.24) is 0 Å². The highest BCUT2D eigenvalue weighted by atomic mass is 32.2. The van der Waals surface area contributed by atoms with E-state index in [0.29, 0.717) is 17.6 Å². The van der Waals surface area contributed by atoms with Crippen LogP contribution in [-0.2, 0) is 20.6 Å². The summed E-state index contributed by atoms with van der Waals surface area (Å²) in [4.78, 5) is 5.88. The van der Waals surface area contributed by atoms with Gasteiger partial charge in [-0.15, -0.1) is 0 Å². The molecule has 10 nitrogen and oxygen atoms in total. The van der Waals surface area contributed by atoms with Crippen molar-refractivity contribution in [3.05, 3.63) is 67.7 Å². The molecule has 0 spiro atoms. The van der Waals surface area contributed by atoms with Crippen LogP contribution in [0.25, 0.3) is 20.9 Å². The van der Waals surface area contributed by atoms with Crippen LogP contribution in [0, 0.1) is 5.92 Å². The van der Waals surface area contributed by atoms with Crippen LogP contribution in [0.1, 0.15) is 45.4 Å². The standard InChI is InChI=1S/C18H20N6O4S2/c1-2-3-4-5-14(15-8-6-12(29(25)26)10-17(15)21-23-19)16-9-7-13(30(27)28)11-18(16)22-24-20/h6-9,14H,2-5,10-11H2,1H3. The second-order valence-electron chi connectivity index (χ2n) is 6.65. The lowest BCUT2D eigenvalue weighted by molar-refractivity contribution is 0.577. The zero-order valence-corrected chi connectivity index (χ0v) is 17.9. The zero-order valence-electron chi connectivity index (χ0n) is 16.3. The van der Waals surface area contributed by atoms with Crippen molar-refractivity contribution in [3.63, 3.8) is 0 Å². The summed E-state index contributed by atoms with van der Waals surface area (Å²) in [6.07, 6.45) is 9.45. The van der Waals surface area contributed by atoms with Gasteiger partial charge in [-0.05, 0) is 40.8 Å². The second kappa shape index (κ2) is 11.2. The minimum Gasteiger partial charge on any atom is -0.184 e. The number of hydrogen-bond acceptors (Lipinski definition) is 6. The fraction of sp³-hybridized carbons (Fsp3) is 0.444. The van der Waals surface area contributed by atoms with E-state index in [1.807, 2.05) is 0 Å². The van der Waals surface area contributed by atoms with Gasteiger partial charge in [-0.3, -0.25) is 0 Å². The molecule has 0 aromatic rings. The maximum absolute atomic E-state index is 11.3. The molecular weight excluding hydrogens is 428 g/mol. The molecule has 12 heteroatoms. The Labute approximate surface area is 176 Å². The lowest BCUT2D eigenvalue weighted by atomic mass is 9.80. The number of rotatable bonds is 8. The van der Waals surface area contributed by atoms with E-state index in [9.17, 15) is 16.8 Å². The third-order valence-corrected chi connectivity index (χ3v) is 6.27. The van der Waals surface area contributed by atoms with Crippen LogP contribution in [0.4, 0.5) is 0 Å². The predicted octanol–water partition coefficient (Wildman–Crippen LogP) is 4.33.